The zero-order valence-electron chi connectivity index (χ0n) is 14.9. The fourth-order valence-corrected chi connectivity index (χ4v) is 3.97. The summed E-state index contributed by atoms with van der Waals surface area (Å²) in [5.74, 6) is -0.0489. The van der Waals surface area contributed by atoms with Gasteiger partial charge in [-0.05, 0) is 30.3 Å². The third-order valence-corrected chi connectivity index (χ3v) is 5.31. The molecule has 0 bridgehead atoms. The van der Waals surface area contributed by atoms with Crippen LogP contribution in [0.3, 0.4) is 0 Å². The van der Waals surface area contributed by atoms with Crippen molar-refractivity contribution in [2.75, 3.05) is 46.8 Å². The summed E-state index contributed by atoms with van der Waals surface area (Å²) in [6.45, 7) is 5.35. The number of urea groups is 1. The van der Waals surface area contributed by atoms with E-state index in [2.05, 4.69) is 20.4 Å². The van der Waals surface area contributed by atoms with E-state index in [4.69, 9.17) is 0 Å². The van der Waals surface area contributed by atoms with Gasteiger partial charge in [0, 0.05) is 52.7 Å². The molecular formula is C15H25N7O3. The topological polar surface area (TPSA) is 108 Å². The summed E-state index contributed by atoms with van der Waals surface area (Å²) >= 11 is 0. The summed E-state index contributed by atoms with van der Waals surface area (Å²) in [5, 5.41) is 21.2. The zero-order chi connectivity index (χ0) is 18.2. The Balaban J connectivity index is 1.59. The quantitative estimate of drug-likeness (QED) is 0.752. The van der Waals surface area contributed by atoms with Gasteiger partial charge in [-0.1, -0.05) is 0 Å². The van der Waals surface area contributed by atoms with Crippen molar-refractivity contribution in [2.24, 2.45) is 11.3 Å². The fraction of sp³-hybridized carbons (Fsp3) is 0.800. The average Bonchev–Trinajstić information content (AvgIpc) is 3.19. The fourth-order valence-electron chi connectivity index (χ4n) is 3.97. The van der Waals surface area contributed by atoms with E-state index < -0.39 is 11.4 Å². The molecule has 1 aromatic rings. The largest absolute Gasteiger partial charge is 0.481 e. The van der Waals surface area contributed by atoms with Crippen molar-refractivity contribution in [3.63, 3.8) is 0 Å². The Hall–Kier alpha value is -2.23. The monoisotopic (exact) mass is 351 g/mol. The number of aliphatic carboxylic acids is 1. The third-order valence-electron chi connectivity index (χ3n) is 5.31. The maximum atomic E-state index is 12.2. The van der Waals surface area contributed by atoms with Crippen LogP contribution in [0.15, 0.2) is 0 Å². The highest BCUT2D eigenvalue weighted by atomic mass is 16.4. The number of aryl methyl sites for hydroxylation is 2. The minimum absolute atomic E-state index is 0.0244. The lowest BCUT2D eigenvalue weighted by Gasteiger charge is -2.27. The van der Waals surface area contributed by atoms with Gasteiger partial charge in [0.15, 0.2) is 0 Å². The minimum atomic E-state index is -0.851. The number of fused-ring (bicyclic) bond motifs is 1. The molecule has 10 heteroatoms. The number of tetrazole rings is 1. The van der Waals surface area contributed by atoms with E-state index >= 15 is 0 Å². The van der Waals surface area contributed by atoms with Crippen LogP contribution >= 0.6 is 0 Å². The van der Waals surface area contributed by atoms with Crippen molar-refractivity contribution in [3.8, 4) is 0 Å². The molecule has 25 heavy (non-hydrogen) atoms. The molecule has 0 aromatic carbocycles. The Morgan fingerprint density at radius 1 is 1.28 bits per heavy atom. The number of aromatic nitrogens is 4. The van der Waals surface area contributed by atoms with Gasteiger partial charge in [-0.2, -0.15) is 0 Å². The number of carboxylic acids is 1. The molecule has 138 valence electrons. The number of nitrogens with zero attached hydrogens (tertiary/aromatic N) is 7. The first-order chi connectivity index (χ1) is 11.8. The zero-order valence-corrected chi connectivity index (χ0v) is 14.9. The number of amides is 2. The molecule has 1 N–H and O–H groups in total. The molecule has 0 aliphatic carbocycles. The van der Waals surface area contributed by atoms with Gasteiger partial charge in [-0.15, -0.1) is 5.10 Å². The van der Waals surface area contributed by atoms with Crippen molar-refractivity contribution in [1.82, 2.24) is 34.9 Å². The summed E-state index contributed by atoms with van der Waals surface area (Å²) in [5.41, 5.74) is -0.851. The second-order valence-electron chi connectivity index (χ2n) is 7.25. The number of hydrogen-bond donors (Lipinski definition) is 1. The molecule has 1 aromatic heterocycles. The molecule has 3 heterocycles. The summed E-state index contributed by atoms with van der Waals surface area (Å²) in [6.07, 6.45) is 0.856. The Bertz CT molecular complexity index is 661. The molecule has 10 nitrogen and oxygen atoms in total. The Morgan fingerprint density at radius 3 is 2.60 bits per heavy atom. The van der Waals surface area contributed by atoms with Crippen LogP contribution in [0.25, 0.3) is 0 Å². The van der Waals surface area contributed by atoms with E-state index in [1.807, 2.05) is 6.92 Å². The Morgan fingerprint density at radius 2 is 2.04 bits per heavy atom. The van der Waals surface area contributed by atoms with Gasteiger partial charge in [-0.3, -0.25) is 4.79 Å². The Kier molecular flexibility index (Phi) is 4.63. The van der Waals surface area contributed by atoms with E-state index in [1.165, 1.54) is 4.90 Å². The molecule has 0 radical (unpaired) electrons. The number of likely N-dealkylation sites (tertiary alicyclic amines) is 2. The van der Waals surface area contributed by atoms with Crippen molar-refractivity contribution < 1.29 is 14.7 Å². The lowest BCUT2D eigenvalue weighted by atomic mass is 9.81. The van der Waals surface area contributed by atoms with Crippen LogP contribution in [0.5, 0.6) is 0 Å². The molecular weight excluding hydrogens is 326 g/mol. The van der Waals surface area contributed by atoms with E-state index in [0.717, 1.165) is 18.8 Å². The second-order valence-corrected chi connectivity index (χ2v) is 7.25. The van der Waals surface area contributed by atoms with E-state index in [9.17, 15) is 14.7 Å². The van der Waals surface area contributed by atoms with E-state index in [1.54, 1.807) is 23.7 Å². The van der Waals surface area contributed by atoms with Crippen molar-refractivity contribution in [1.29, 1.82) is 0 Å². The predicted octanol–water partition coefficient (Wildman–Crippen LogP) is -0.628. The number of hydrogen-bond acceptors (Lipinski definition) is 6. The van der Waals surface area contributed by atoms with Crippen molar-refractivity contribution >= 4 is 12.0 Å². The van der Waals surface area contributed by atoms with Crippen LogP contribution in [-0.4, -0.2) is 98.8 Å². The number of carbonyl (C=O) groups excluding carboxylic acids is 1. The van der Waals surface area contributed by atoms with Crippen molar-refractivity contribution in [2.45, 2.75) is 19.9 Å². The average molecular weight is 351 g/mol. The number of carbonyl (C=O) groups is 2. The van der Waals surface area contributed by atoms with Crippen LogP contribution in [-0.2, 0) is 11.3 Å². The van der Waals surface area contributed by atoms with Crippen LogP contribution in [0.2, 0.25) is 0 Å². The summed E-state index contributed by atoms with van der Waals surface area (Å²) in [4.78, 5) is 29.5. The predicted molar refractivity (Wildman–Crippen MR) is 87.8 cm³/mol. The molecule has 3 rings (SSSR count). The highest BCUT2D eigenvalue weighted by molar-refractivity contribution is 5.80. The molecule has 0 unspecified atom stereocenters. The Labute approximate surface area is 146 Å². The van der Waals surface area contributed by atoms with Gasteiger partial charge in [-0.25, -0.2) is 9.48 Å². The normalized spacial score (nSPS) is 26.0. The van der Waals surface area contributed by atoms with Crippen LogP contribution < -0.4 is 0 Å². The molecule has 0 spiro atoms. The lowest BCUT2D eigenvalue weighted by Crippen LogP contribution is -2.44. The minimum Gasteiger partial charge on any atom is -0.481 e. The standard InChI is InChI=1S/C15H25N7O3/c1-11-16-17-18-22(11)6-4-5-20-7-12-8-21(14(25)19(2)3)10-15(12,9-20)13(23)24/h12H,4-10H2,1-3H3,(H,23,24)/t12-,15-/m0/s1. The molecule has 2 aliphatic rings. The van der Waals surface area contributed by atoms with E-state index in [-0.39, 0.29) is 18.5 Å². The summed E-state index contributed by atoms with van der Waals surface area (Å²) in [6, 6.07) is -0.115. The first-order valence-corrected chi connectivity index (χ1v) is 8.48. The van der Waals surface area contributed by atoms with Gasteiger partial charge in [0.25, 0.3) is 0 Å². The molecule has 2 atom stereocenters. The van der Waals surface area contributed by atoms with Gasteiger partial charge in [0.1, 0.15) is 11.2 Å². The first-order valence-electron chi connectivity index (χ1n) is 8.48. The smallest absolute Gasteiger partial charge is 0.319 e. The molecule has 2 saturated heterocycles. The van der Waals surface area contributed by atoms with Crippen LogP contribution in [0, 0.1) is 18.3 Å². The van der Waals surface area contributed by atoms with Gasteiger partial charge in [0.05, 0.1) is 0 Å². The van der Waals surface area contributed by atoms with Crippen molar-refractivity contribution in [3.05, 3.63) is 5.82 Å². The molecule has 2 fully saturated rings. The maximum Gasteiger partial charge on any atom is 0.319 e. The molecule has 0 saturated carbocycles. The summed E-state index contributed by atoms with van der Waals surface area (Å²) < 4.78 is 1.75. The van der Waals surface area contributed by atoms with Crippen LogP contribution in [0.1, 0.15) is 12.2 Å². The molecule has 2 amide bonds. The highest BCUT2D eigenvalue weighted by Crippen LogP contribution is 2.43. The van der Waals surface area contributed by atoms with Gasteiger partial charge < -0.3 is 19.8 Å². The third kappa shape index (κ3) is 3.17. The number of carboxylic acid groups (broad SMARTS) is 1. The maximum absolute atomic E-state index is 12.2. The lowest BCUT2D eigenvalue weighted by molar-refractivity contribution is -0.148. The van der Waals surface area contributed by atoms with Gasteiger partial charge in [0.2, 0.25) is 0 Å². The second kappa shape index (κ2) is 6.58. The van der Waals surface area contributed by atoms with E-state index in [0.29, 0.717) is 26.2 Å². The molecule has 2 aliphatic heterocycles. The SMILES string of the molecule is Cc1nnnn1CCCN1C[C@H]2CN(C(=O)N(C)C)C[C@@]2(C(=O)O)C1. The first kappa shape index (κ1) is 17.6. The highest BCUT2D eigenvalue weighted by Gasteiger charge is 2.58. The number of rotatable bonds is 5. The summed E-state index contributed by atoms with van der Waals surface area (Å²) in [7, 11) is 3.38. The van der Waals surface area contributed by atoms with Crippen LogP contribution in [0.4, 0.5) is 4.79 Å². The van der Waals surface area contributed by atoms with Gasteiger partial charge >= 0.3 is 12.0 Å².